The second-order valence-corrected chi connectivity index (χ2v) is 4.24. The number of benzene rings is 1. The van der Waals surface area contributed by atoms with Gasteiger partial charge in [0.05, 0.1) is 6.04 Å². The molecule has 1 N–H and O–H groups in total. The first-order chi connectivity index (χ1) is 6.92. The minimum Gasteiger partial charge on any atom is -0.195 e. The number of hydrazone groups is 1. The van der Waals surface area contributed by atoms with Crippen molar-refractivity contribution in [2.75, 3.05) is 0 Å². The van der Waals surface area contributed by atoms with Crippen molar-refractivity contribution in [3.63, 3.8) is 0 Å². The maximum absolute atomic E-state index is 3.52. The van der Waals surface area contributed by atoms with E-state index in [0.29, 0.717) is 0 Å². The third-order valence-electron chi connectivity index (χ3n) is 3.22. The van der Waals surface area contributed by atoms with E-state index in [2.05, 4.69) is 46.7 Å². The van der Waals surface area contributed by atoms with Crippen molar-refractivity contribution in [3.05, 3.63) is 35.9 Å². The SMILES string of the molecule is C(/c1ccccc1)=[N+]1\NC2CCC1C2. The van der Waals surface area contributed by atoms with Crippen LogP contribution in [0.1, 0.15) is 24.8 Å². The summed E-state index contributed by atoms with van der Waals surface area (Å²) in [4.78, 5) is 0. The van der Waals surface area contributed by atoms with Crippen LogP contribution >= 0.6 is 0 Å². The second kappa shape index (κ2) is 3.12. The van der Waals surface area contributed by atoms with Crippen LogP contribution < -0.4 is 5.43 Å². The molecule has 1 heterocycles. The minimum atomic E-state index is 0.736. The average Bonchev–Trinajstić information content (AvgIpc) is 2.81. The Morgan fingerprint density at radius 3 is 2.71 bits per heavy atom. The normalized spacial score (nSPS) is 32.1. The molecule has 2 heteroatoms. The Morgan fingerprint density at radius 1 is 1.21 bits per heavy atom. The van der Waals surface area contributed by atoms with Crippen molar-refractivity contribution in [2.24, 2.45) is 0 Å². The molecule has 1 saturated heterocycles. The van der Waals surface area contributed by atoms with E-state index in [9.17, 15) is 0 Å². The molecule has 0 amide bonds. The topological polar surface area (TPSA) is 15.0 Å². The predicted molar refractivity (Wildman–Crippen MR) is 56.4 cm³/mol. The molecule has 2 atom stereocenters. The molecular formula is C12H15N2+. The Balaban J connectivity index is 1.86. The second-order valence-electron chi connectivity index (χ2n) is 4.24. The van der Waals surface area contributed by atoms with Crippen LogP contribution in [0, 0.1) is 0 Å². The van der Waals surface area contributed by atoms with Gasteiger partial charge < -0.3 is 0 Å². The van der Waals surface area contributed by atoms with Gasteiger partial charge in [0.15, 0.2) is 6.04 Å². The summed E-state index contributed by atoms with van der Waals surface area (Å²) < 4.78 is 2.30. The van der Waals surface area contributed by atoms with Crippen LogP contribution in [0.15, 0.2) is 30.3 Å². The quantitative estimate of drug-likeness (QED) is 0.659. The largest absolute Gasteiger partial charge is 0.200 e. The zero-order valence-corrected chi connectivity index (χ0v) is 8.19. The first-order valence-corrected chi connectivity index (χ1v) is 5.36. The number of fused-ring (bicyclic) bond motifs is 2. The number of nitrogens with one attached hydrogen (secondary N) is 1. The number of rotatable bonds is 1. The van der Waals surface area contributed by atoms with Crippen molar-refractivity contribution in [3.8, 4) is 0 Å². The van der Waals surface area contributed by atoms with Gasteiger partial charge in [-0.05, 0) is 18.6 Å². The molecule has 2 bridgehead atoms. The molecule has 72 valence electrons. The summed E-state index contributed by atoms with van der Waals surface area (Å²) in [6.07, 6.45) is 6.25. The van der Waals surface area contributed by atoms with Gasteiger partial charge in [0.25, 0.3) is 0 Å². The van der Waals surface area contributed by atoms with Crippen molar-refractivity contribution in [1.29, 1.82) is 0 Å². The summed E-state index contributed by atoms with van der Waals surface area (Å²) in [6, 6.07) is 12.0. The van der Waals surface area contributed by atoms with Crippen LogP contribution in [-0.2, 0) is 0 Å². The number of hydrogen-bond donors (Lipinski definition) is 1. The van der Waals surface area contributed by atoms with Gasteiger partial charge in [-0.25, -0.2) is 0 Å². The van der Waals surface area contributed by atoms with E-state index in [1.54, 1.807) is 0 Å². The van der Waals surface area contributed by atoms with E-state index in [1.807, 2.05) is 0 Å². The highest BCUT2D eigenvalue weighted by Crippen LogP contribution is 2.26. The Hall–Kier alpha value is -1.31. The summed E-state index contributed by atoms with van der Waals surface area (Å²) in [7, 11) is 0. The van der Waals surface area contributed by atoms with Gasteiger partial charge in [-0.15, -0.1) is 4.68 Å². The first kappa shape index (κ1) is 8.04. The summed E-state index contributed by atoms with van der Waals surface area (Å²) in [5.74, 6) is 0. The predicted octanol–water partition coefficient (Wildman–Crippen LogP) is 1.56. The highest BCUT2D eigenvalue weighted by molar-refractivity contribution is 5.75. The van der Waals surface area contributed by atoms with Gasteiger partial charge in [0, 0.05) is 18.4 Å². The molecule has 2 nitrogen and oxygen atoms in total. The third-order valence-corrected chi connectivity index (χ3v) is 3.22. The van der Waals surface area contributed by atoms with Gasteiger partial charge in [-0.2, -0.15) is 5.43 Å². The van der Waals surface area contributed by atoms with E-state index in [1.165, 1.54) is 24.8 Å². The molecule has 1 aromatic carbocycles. The van der Waals surface area contributed by atoms with Crippen molar-refractivity contribution in [1.82, 2.24) is 5.43 Å². The van der Waals surface area contributed by atoms with Crippen molar-refractivity contribution in [2.45, 2.75) is 31.3 Å². The van der Waals surface area contributed by atoms with E-state index in [0.717, 1.165) is 12.1 Å². The highest BCUT2D eigenvalue weighted by atomic mass is 15.5. The first-order valence-electron chi connectivity index (χ1n) is 5.36. The Kier molecular flexibility index (Phi) is 1.79. The number of hydrazine groups is 1. The van der Waals surface area contributed by atoms with Crippen LogP contribution in [0.2, 0.25) is 0 Å². The van der Waals surface area contributed by atoms with E-state index in [-0.39, 0.29) is 0 Å². The van der Waals surface area contributed by atoms with E-state index >= 15 is 0 Å². The van der Waals surface area contributed by atoms with Gasteiger partial charge in [-0.3, -0.25) is 0 Å². The molecule has 1 saturated carbocycles. The van der Waals surface area contributed by atoms with Gasteiger partial charge in [-0.1, -0.05) is 18.2 Å². The fourth-order valence-electron chi connectivity index (χ4n) is 2.49. The van der Waals surface area contributed by atoms with Crippen LogP contribution in [0.5, 0.6) is 0 Å². The zero-order valence-electron chi connectivity index (χ0n) is 8.19. The number of nitrogens with zero attached hydrogens (tertiary/aromatic N) is 1. The van der Waals surface area contributed by atoms with Gasteiger partial charge in [0.2, 0.25) is 6.21 Å². The Morgan fingerprint density at radius 2 is 2.07 bits per heavy atom. The summed E-state index contributed by atoms with van der Waals surface area (Å²) in [5.41, 5.74) is 4.80. The molecule has 1 aliphatic carbocycles. The Labute approximate surface area is 84.2 Å². The standard InChI is InChI=1S/C12H15N2/c1-2-4-10(5-3-1)9-14-12-7-6-11(8-12)13-14/h1-5,9,11-13H,6-8H2/q+1/b14-9+. The molecule has 0 radical (unpaired) electrons. The lowest BCUT2D eigenvalue weighted by Gasteiger charge is -2.09. The maximum Gasteiger partial charge on any atom is 0.200 e. The summed E-state index contributed by atoms with van der Waals surface area (Å²) >= 11 is 0. The van der Waals surface area contributed by atoms with Crippen LogP contribution in [0.3, 0.4) is 0 Å². The van der Waals surface area contributed by atoms with Gasteiger partial charge >= 0.3 is 0 Å². The smallest absolute Gasteiger partial charge is 0.195 e. The molecule has 2 aliphatic rings. The molecule has 1 aromatic rings. The Bertz CT molecular complexity index is 356. The molecule has 2 fully saturated rings. The summed E-state index contributed by atoms with van der Waals surface area (Å²) in [6.45, 7) is 0. The lowest BCUT2D eigenvalue weighted by Crippen LogP contribution is -2.36. The fourth-order valence-corrected chi connectivity index (χ4v) is 2.49. The lowest BCUT2D eigenvalue weighted by molar-refractivity contribution is -0.604. The maximum atomic E-state index is 3.52. The molecule has 0 aromatic heterocycles. The van der Waals surface area contributed by atoms with Gasteiger partial charge in [0.1, 0.15) is 0 Å². The molecule has 1 aliphatic heterocycles. The van der Waals surface area contributed by atoms with Crippen LogP contribution in [0.4, 0.5) is 0 Å². The molecular weight excluding hydrogens is 172 g/mol. The van der Waals surface area contributed by atoms with Crippen molar-refractivity contribution < 1.29 is 4.68 Å². The summed E-state index contributed by atoms with van der Waals surface area (Å²) in [5, 5.41) is 0. The van der Waals surface area contributed by atoms with Crippen molar-refractivity contribution >= 4 is 6.21 Å². The third kappa shape index (κ3) is 1.31. The fraction of sp³-hybridized carbons (Fsp3) is 0.417. The lowest BCUT2D eigenvalue weighted by atomic mass is 10.2. The minimum absolute atomic E-state index is 0.736. The average molecular weight is 187 g/mol. The molecule has 2 unspecified atom stereocenters. The monoisotopic (exact) mass is 187 g/mol. The van der Waals surface area contributed by atoms with E-state index in [4.69, 9.17) is 0 Å². The highest BCUT2D eigenvalue weighted by Gasteiger charge is 2.41. The molecule has 14 heavy (non-hydrogen) atoms. The van der Waals surface area contributed by atoms with E-state index < -0.39 is 0 Å². The molecule has 0 spiro atoms. The number of hydrogen-bond acceptors (Lipinski definition) is 1. The zero-order chi connectivity index (χ0) is 9.38. The van der Waals surface area contributed by atoms with Crippen LogP contribution in [-0.4, -0.2) is 23.0 Å². The van der Waals surface area contributed by atoms with Crippen LogP contribution in [0.25, 0.3) is 0 Å². The molecule has 3 rings (SSSR count).